The van der Waals surface area contributed by atoms with E-state index in [0.29, 0.717) is 4.47 Å². The second-order valence-corrected chi connectivity index (χ2v) is 7.86. The van der Waals surface area contributed by atoms with Crippen LogP contribution in [0.5, 0.6) is 0 Å². The second-order valence-electron chi connectivity index (χ2n) is 5.40. The van der Waals surface area contributed by atoms with Gasteiger partial charge in [0.25, 0.3) is 0 Å². The van der Waals surface area contributed by atoms with Crippen LogP contribution in [0.3, 0.4) is 0 Å². The Morgan fingerprint density at radius 2 is 2.04 bits per heavy atom. The third-order valence-electron chi connectivity index (χ3n) is 3.30. The average molecular weight is 437 g/mol. The zero-order valence-electron chi connectivity index (χ0n) is 13.7. The van der Waals surface area contributed by atoms with Gasteiger partial charge >= 0.3 is 150 Å². The number of amides is 1. The molecule has 0 aliphatic carbocycles. The summed E-state index contributed by atoms with van der Waals surface area (Å²) in [6.45, 7) is 4.19. The molecule has 1 atom stereocenters. The molecular formula is C13H19BrFN2NaO5S. The van der Waals surface area contributed by atoms with Crippen molar-refractivity contribution in [1.82, 2.24) is 10.3 Å². The van der Waals surface area contributed by atoms with E-state index in [4.69, 9.17) is 17.5 Å². The number of unbranched alkanes of at least 4 members (excludes halogenated alkanes) is 1. The summed E-state index contributed by atoms with van der Waals surface area (Å²) in [6.07, 6.45) is 4.20. The third kappa shape index (κ3) is 10.7. The van der Waals surface area contributed by atoms with E-state index in [2.05, 4.69) is 40.1 Å². The van der Waals surface area contributed by atoms with Crippen molar-refractivity contribution < 1.29 is 26.7 Å². The van der Waals surface area contributed by atoms with Crippen molar-refractivity contribution in [2.45, 2.75) is 42.3 Å². The summed E-state index contributed by atoms with van der Waals surface area (Å²) in [6, 6.07) is 1.26. The smallest absolute Gasteiger partial charge is 0.264 e. The minimum absolute atomic E-state index is 0.186. The minimum Gasteiger partial charge on any atom is -0.264 e. The van der Waals surface area contributed by atoms with Crippen LogP contribution >= 0.6 is 15.9 Å². The van der Waals surface area contributed by atoms with E-state index in [1.165, 1.54) is 6.07 Å². The molecule has 1 aromatic rings. The molecular weight excluding hydrogens is 418 g/mol. The standard InChI is InChI=1S/C13H17BrFN2O.Na.H2O4S/c1-4-5-6-13(2,3)17-12(18)11-10(14)7-9(15)8-16-11;;1-5(2,3)4/h7-8H,2,4-6H2,1,3H3,(H,17,18);;(H2,1,2,3,4)/t13-;;/m1../s1. The van der Waals surface area contributed by atoms with Gasteiger partial charge < -0.3 is 0 Å². The van der Waals surface area contributed by atoms with Gasteiger partial charge in [-0.15, -0.1) is 0 Å². The number of carbonyl (C=O) groups excluding carboxylic acids is 1. The summed E-state index contributed by atoms with van der Waals surface area (Å²) in [7, 11) is -4.67. The van der Waals surface area contributed by atoms with Crippen LogP contribution in [0.2, 0.25) is 3.67 Å². The molecule has 1 aromatic heterocycles. The van der Waals surface area contributed by atoms with Crippen molar-refractivity contribution in [3.63, 3.8) is 0 Å². The SMILES string of the molecule is CCCC[C@](C)([CH2][Na])NC(=O)c1ncc(F)cc1Br.O=S(=O)(O)O. The molecule has 0 aliphatic rings. The molecule has 0 aromatic carbocycles. The van der Waals surface area contributed by atoms with Crippen molar-refractivity contribution in [2.75, 3.05) is 0 Å². The van der Waals surface area contributed by atoms with Crippen LogP contribution in [-0.4, -0.2) is 61.9 Å². The van der Waals surface area contributed by atoms with Crippen molar-refractivity contribution in [3.8, 4) is 0 Å². The molecule has 1 amide bonds. The molecule has 1 rings (SSSR count). The number of rotatable bonds is 6. The number of hydrogen-bond donors (Lipinski definition) is 3. The fourth-order valence-electron chi connectivity index (χ4n) is 1.81. The average Bonchev–Trinajstić information content (AvgIpc) is 2.43. The number of nitrogens with one attached hydrogen (secondary N) is 1. The Balaban J connectivity index is 0.000000922. The first-order valence-corrected chi connectivity index (χ1v) is 10.9. The van der Waals surface area contributed by atoms with Gasteiger partial charge in [0.2, 0.25) is 0 Å². The van der Waals surface area contributed by atoms with Gasteiger partial charge in [0, 0.05) is 0 Å². The molecule has 0 radical (unpaired) electrons. The molecule has 11 heteroatoms. The fourth-order valence-corrected chi connectivity index (χ4v) is 2.84. The van der Waals surface area contributed by atoms with Crippen LogP contribution < -0.4 is 5.32 Å². The molecule has 0 bridgehead atoms. The van der Waals surface area contributed by atoms with Gasteiger partial charge in [-0.05, 0) is 0 Å². The number of halogens is 2. The quantitative estimate of drug-likeness (QED) is 0.466. The molecule has 132 valence electrons. The van der Waals surface area contributed by atoms with Gasteiger partial charge in [-0.3, -0.25) is 9.11 Å². The zero-order chi connectivity index (χ0) is 19.0. The molecule has 24 heavy (non-hydrogen) atoms. The Hall–Kier alpha value is -0.100. The van der Waals surface area contributed by atoms with E-state index in [-0.39, 0.29) is 17.1 Å². The summed E-state index contributed by atoms with van der Waals surface area (Å²) in [5.74, 6) is -0.707. The van der Waals surface area contributed by atoms with Crippen molar-refractivity contribution >= 4 is 60.2 Å². The second kappa shape index (κ2) is 10.8. The number of pyridine rings is 1. The van der Waals surface area contributed by atoms with Gasteiger partial charge in [-0.2, -0.15) is 8.42 Å². The largest absolute Gasteiger partial charge is 0.394 e. The van der Waals surface area contributed by atoms with Crippen LogP contribution in [0, 0.1) is 5.82 Å². The van der Waals surface area contributed by atoms with Gasteiger partial charge in [0.05, 0.1) is 0 Å². The van der Waals surface area contributed by atoms with E-state index < -0.39 is 16.2 Å². The van der Waals surface area contributed by atoms with E-state index >= 15 is 0 Å². The molecule has 0 spiro atoms. The van der Waals surface area contributed by atoms with E-state index in [1.807, 2.05) is 0 Å². The summed E-state index contributed by atoms with van der Waals surface area (Å²) in [5.41, 5.74) is 0.0497. The van der Waals surface area contributed by atoms with Crippen LogP contribution in [0.4, 0.5) is 4.39 Å². The maximum absolute atomic E-state index is 13.0. The number of hydrogen-bond acceptors (Lipinski definition) is 4. The van der Waals surface area contributed by atoms with Crippen LogP contribution in [-0.2, 0) is 10.4 Å². The third-order valence-corrected chi connectivity index (χ3v) is 5.47. The zero-order valence-corrected chi connectivity index (χ0v) is 18.1. The van der Waals surface area contributed by atoms with E-state index in [1.54, 1.807) is 0 Å². The first kappa shape index (κ1) is 23.9. The Labute approximate surface area is 166 Å². The predicted octanol–water partition coefficient (Wildman–Crippen LogP) is 2.60. The number of carbonyl (C=O) groups is 1. The fraction of sp³-hybridized carbons (Fsp3) is 0.538. The van der Waals surface area contributed by atoms with Crippen LogP contribution in [0.1, 0.15) is 43.6 Å². The summed E-state index contributed by atoms with van der Waals surface area (Å²) in [5, 5.41) is 3.04. The number of nitrogens with zero attached hydrogens (tertiary/aromatic N) is 1. The molecule has 7 nitrogen and oxygen atoms in total. The minimum atomic E-state index is -4.67. The molecule has 0 saturated carbocycles. The van der Waals surface area contributed by atoms with E-state index in [0.717, 1.165) is 57.1 Å². The van der Waals surface area contributed by atoms with Gasteiger partial charge in [0.15, 0.2) is 0 Å². The Morgan fingerprint density at radius 3 is 2.46 bits per heavy atom. The number of aromatic nitrogens is 1. The molecule has 0 aliphatic heterocycles. The van der Waals surface area contributed by atoms with Crippen molar-refractivity contribution in [2.24, 2.45) is 0 Å². The van der Waals surface area contributed by atoms with Crippen LogP contribution in [0.25, 0.3) is 0 Å². The molecule has 1 heterocycles. The van der Waals surface area contributed by atoms with Gasteiger partial charge in [-0.25, -0.2) is 0 Å². The van der Waals surface area contributed by atoms with Gasteiger partial charge in [0.1, 0.15) is 0 Å². The molecule has 0 fully saturated rings. The monoisotopic (exact) mass is 436 g/mol. The van der Waals surface area contributed by atoms with E-state index in [9.17, 15) is 9.18 Å². The van der Waals surface area contributed by atoms with Crippen molar-refractivity contribution in [3.05, 3.63) is 28.2 Å². The first-order valence-electron chi connectivity index (χ1n) is 7.25. The Kier molecular flexibility index (Phi) is 10.7. The molecule has 3 N–H and O–H groups in total. The maximum Gasteiger partial charge on any atom is 0.394 e. The predicted molar refractivity (Wildman–Crippen MR) is 92.0 cm³/mol. The van der Waals surface area contributed by atoms with Gasteiger partial charge in [-0.1, -0.05) is 0 Å². The first-order chi connectivity index (χ1) is 10.9. The topological polar surface area (TPSA) is 117 Å². The Bertz CT molecular complexity index is 654. The normalized spacial score (nSPS) is 13.5. The Morgan fingerprint density at radius 1 is 1.50 bits per heavy atom. The van der Waals surface area contributed by atoms with Crippen LogP contribution in [0.15, 0.2) is 16.7 Å². The van der Waals surface area contributed by atoms with Crippen molar-refractivity contribution in [1.29, 1.82) is 0 Å². The summed E-state index contributed by atoms with van der Waals surface area (Å²) >= 11 is 4.20. The maximum atomic E-state index is 13.0. The summed E-state index contributed by atoms with van der Waals surface area (Å²) < 4.78 is 45.9. The molecule has 0 saturated heterocycles. The molecule has 0 unspecified atom stereocenters. The summed E-state index contributed by atoms with van der Waals surface area (Å²) in [4.78, 5) is 16.1.